The number of oxime groups is 1. The van der Waals surface area contributed by atoms with E-state index in [1.54, 1.807) is 6.07 Å². The van der Waals surface area contributed by atoms with Gasteiger partial charge in [-0.05, 0) is 28.1 Å². The second-order valence-corrected chi connectivity index (χ2v) is 7.25. The van der Waals surface area contributed by atoms with Crippen molar-refractivity contribution >= 4 is 43.1 Å². The van der Waals surface area contributed by atoms with Crippen LogP contribution in [0.3, 0.4) is 0 Å². The average molecular weight is 328 g/mol. The van der Waals surface area contributed by atoms with Crippen LogP contribution in [0, 0.1) is 0 Å². The molecule has 6 nitrogen and oxygen atoms in total. The number of hydrogen-bond donors (Lipinski definition) is 3. The number of thiophene rings is 1. The molecule has 0 saturated heterocycles. The summed E-state index contributed by atoms with van der Waals surface area (Å²) in [4.78, 5) is 0. The van der Waals surface area contributed by atoms with Crippen molar-refractivity contribution in [2.45, 2.75) is 10.6 Å². The summed E-state index contributed by atoms with van der Waals surface area (Å²) >= 11 is 4.30. The van der Waals surface area contributed by atoms with Gasteiger partial charge >= 0.3 is 0 Å². The molecule has 1 aromatic rings. The van der Waals surface area contributed by atoms with Crippen LogP contribution in [0.15, 0.2) is 25.3 Å². The molecular formula is C7H10BrN3O3S2. The first-order valence-electron chi connectivity index (χ1n) is 4.17. The van der Waals surface area contributed by atoms with E-state index in [1.807, 2.05) is 0 Å². The highest BCUT2D eigenvalue weighted by Crippen LogP contribution is 2.25. The second-order valence-electron chi connectivity index (χ2n) is 2.80. The number of nitrogens with two attached hydrogens (primary N) is 1. The highest BCUT2D eigenvalue weighted by atomic mass is 79.9. The Kier molecular flexibility index (Phi) is 4.71. The standard InChI is InChI=1S/C7H10BrN3O3S2/c8-5-1-2-7(15-5)16(13,14)10-4-3-6(9)11-12/h1-2,10,12H,3-4H2,(H2,9,11). The fourth-order valence-electron chi connectivity index (χ4n) is 0.877. The van der Waals surface area contributed by atoms with Gasteiger partial charge < -0.3 is 10.9 Å². The zero-order valence-corrected chi connectivity index (χ0v) is 11.3. The van der Waals surface area contributed by atoms with Crippen molar-refractivity contribution in [3.63, 3.8) is 0 Å². The molecule has 4 N–H and O–H groups in total. The fourth-order valence-corrected chi connectivity index (χ4v) is 3.96. The summed E-state index contributed by atoms with van der Waals surface area (Å²) < 4.78 is 26.6. The van der Waals surface area contributed by atoms with E-state index < -0.39 is 10.0 Å². The highest BCUT2D eigenvalue weighted by molar-refractivity contribution is 9.11. The third-order valence-electron chi connectivity index (χ3n) is 1.62. The lowest BCUT2D eigenvalue weighted by molar-refractivity contribution is 0.317. The van der Waals surface area contributed by atoms with Gasteiger partial charge in [-0.1, -0.05) is 5.16 Å². The van der Waals surface area contributed by atoms with Gasteiger partial charge in [0.2, 0.25) is 10.0 Å². The van der Waals surface area contributed by atoms with E-state index >= 15 is 0 Å². The quantitative estimate of drug-likeness (QED) is 0.324. The van der Waals surface area contributed by atoms with E-state index in [2.05, 4.69) is 25.8 Å². The van der Waals surface area contributed by atoms with Gasteiger partial charge in [0, 0.05) is 13.0 Å². The van der Waals surface area contributed by atoms with E-state index in [-0.39, 0.29) is 23.0 Å². The molecule has 0 fully saturated rings. The predicted octanol–water partition coefficient (Wildman–Crippen LogP) is 0.925. The Morgan fingerprint density at radius 1 is 1.62 bits per heavy atom. The zero-order valence-electron chi connectivity index (χ0n) is 8.05. The van der Waals surface area contributed by atoms with Crippen LogP contribution in [0.4, 0.5) is 0 Å². The number of halogens is 1. The van der Waals surface area contributed by atoms with E-state index in [0.29, 0.717) is 0 Å². The lowest BCUT2D eigenvalue weighted by Gasteiger charge is -2.03. The summed E-state index contributed by atoms with van der Waals surface area (Å²) in [7, 11) is -3.50. The van der Waals surface area contributed by atoms with Gasteiger partial charge in [-0.2, -0.15) is 0 Å². The molecule has 0 aliphatic heterocycles. The zero-order chi connectivity index (χ0) is 12.2. The molecule has 90 valence electrons. The van der Waals surface area contributed by atoms with E-state index in [4.69, 9.17) is 10.9 Å². The van der Waals surface area contributed by atoms with Crippen molar-refractivity contribution in [1.82, 2.24) is 4.72 Å². The maximum Gasteiger partial charge on any atom is 0.250 e. The second kappa shape index (κ2) is 5.62. The first-order valence-corrected chi connectivity index (χ1v) is 7.26. The summed E-state index contributed by atoms with van der Waals surface area (Å²) in [6.45, 7) is 0.0910. The van der Waals surface area contributed by atoms with Crippen LogP contribution in [0.1, 0.15) is 6.42 Å². The fraction of sp³-hybridized carbons (Fsp3) is 0.286. The molecule has 16 heavy (non-hydrogen) atoms. The molecule has 0 spiro atoms. The van der Waals surface area contributed by atoms with Crippen LogP contribution < -0.4 is 10.5 Å². The molecule has 0 aliphatic rings. The Morgan fingerprint density at radius 3 is 2.81 bits per heavy atom. The molecule has 0 bridgehead atoms. The lowest BCUT2D eigenvalue weighted by Crippen LogP contribution is -2.27. The van der Waals surface area contributed by atoms with Crippen molar-refractivity contribution in [2.75, 3.05) is 6.54 Å². The van der Waals surface area contributed by atoms with Crippen LogP contribution in [-0.2, 0) is 10.0 Å². The number of rotatable bonds is 5. The maximum absolute atomic E-state index is 11.7. The van der Waals surface area contributed by atoms with Crippen molar-refractivity contribution in [3.8, 4) is 0 Å². The number of nitrogens with zero attached hydrogens (tertiary/aromatic N) is 1. The first-order chi connectivity index (χ1) is 7.45. The van der Waals surface area contributed by atoms with Crippen LogP contribution in [0.2, 0.25) is 0 Å². The molecule has 0 aliphatic carbocycles. The molecular weight excluding hydrogens is 318 g/mol. The summed E-state index contributed by atoms with van der Waals surface area (Å²) in [6, 6.07) is 3.16. The number of amidine groups is 1. The van der Waals surface area contributed by atoms with Gasteiger partial charge in [-0.15, -0.1) is 11.3 Å². The minimum atomic E-state index is -3.50. The average Bonchev–Trinajstić information content (AvgIpc) is 2.65. The third-order valence-corrected chi connectivity index (χ3v) is 5.19. The van der Waals surface area contributed by atoms with Crippen molar-refractivity contribution in [3.05, 3.63) is 15.9 Å². The molecule has 1 rings (SSSR count). The Morgan fingerprint density at radius 2 is 2.31 bits per heavy atom. The van der Waals surface area contributed by atoms with Gasteiger partial charge in [-0.3, -0.25) is 0 Å². The van der Waals surface area contributed by atoms with E-state index in [1.165, 1.54) is 6.07 Å². The molecule has 1 aromatic heterocycles. The third kappa shape index (κ3) is 3.74. The van der Waals surface area contributed by atoms with Crippen LogP contribution in [-0.4, -0.2) is 26.0 Å². The van der Waals surface area contributed by atoms with Gasteiger partial charge in [-0.25, -0.2) is 13.1 Å². The largest absolute Gasteiger partial charge is 0.409 e. The summed E-state index contributed by atoms with van der Waals surface area (Å²) in [6.07, 6.45) is 0.155. The molecule has 0 atom stereocenters. The van der Waals surface area contributed by atoms with Gasteiger partial charge in [0.25, 0.3) is 0 Å². The SMILES string of the molecule is NC(CCNS(=O)(=O)c1ccc(Br)s1)=NO. The number of hydrogen-bond acceptors (Lipinski definition) is 5. The number of sulfonamides is 1. The van der Waals surface area contributed by atoms with Crippen LogP contribution >= 0.6 is 27.3 Å². The van der Waals surface area contributed by atoms with E-state index in [0.717, 1.165) is 15.1 Å². The predicted molar refractivity (Wildman–Crippen MR) is 65.2 cm³/mol. The maximum atomic E-state index is 11.7. The summed E-state index contributed by atoms with van der Waals surface area (Å²) in [5.41, 5.74) is 5.21. The van der Waals surface area contributed by atoms with Crippen molar-refractivity contribution in [1.29, 1.82) is 0 Å². The lowest BCUT2D eigenvalue weighted by atomic mass is 10.4. The Labute approximate surface area is 105 Å². The Balaban J connectivity index is 2.60. The van der Waals surface area contributed by atoms with Crippen molar-refractivity contribution in [2.24, 2.45) is 10.9 Å². The van der Waals surface area contributed by atoms with Gasteiger partial charge in [0.1, 0.15) is 10.0 Å². The highest BCUT2D eigenvalue weighted by Gasteiger charge is 2.15. The molecule has 0 amide bonds. The smallest absolute Gasteiger partial charge is 0.250 e. The topological polar surface area (TPSA) is 105 Å². The van der Waals surface area contributed by atoms with Gasteiger partial charge in [0.15, 0.2) is 0 Å². The molecule has 0 unspecified atom stereocenters. The van der Waals surface area contributed by atoms with E-state index in [9.17, 15) is 8.42 Å². The number of nitrogens with one attached hydrogen (secondary N) is 1. The minimum Gasteiger partial charge on any atom is -0.409 e. The summed E-state index contributed by atoms with van der Waals surface area (Å²) in [5.74, 6) is -0.0185. The molecule has 0 aromatic carbocycles. The van der Waals surface area contributed by atoms with Crippen LogP contribution in [0.5, 0.6) is 0 Å². The molecule has 1 heterocycles. The van der Waals surface area contributed by atoms with Gasteiger partial charge in [0.05, 0.1) is 3.79 Å². The normalized spacial score (nSPS) is 12.9. The Hall–Kier alpha value is -0.640. The minimum absolute atomic E-state index is 0.0185. The molecule has 9 heteroatoms. The Bertz CT molecular complexity index is 483. The van der Waals surface area contributed by atoms with Crippen molar-refractivity contribution < 1.29 is 13.6 Å². The summed E-state index contributed by atoms with van der Waals surface area (Å²) in [5, 5.41) is 11.0. The molecule has 0 radical (unpaired) electrons. The monoisotopic (exact) mass is 327 g/mol. The molecule has 0 saturated carbocycles. The van der Waals surface area contributed by atoms with Crippen LogP contribution in [0.25, 0.3) is 0 Å². The first kappa shape index (κ1) is 13.4.